The quantitative estimate of drug-likeness (QED) is 0.719. The maximum absolute atomic E-state index is 12.5. The molecule has 1 aromatic heterocycles. The highest BCUT2D eigenvalue weighted by molar-refractivity contribution is 5.81. The molecule has 32 heavy (non-hydrogen) atoms. The van der Waals surface area contributed by atoms with Crippen LogP contribution in [-0.4, -0.2) is 81.7 Å². The highest BCUT2D eigenvalue weighted by Crippen LogP contribution is 2.41. The topological polar surface area (TPSA) is 105 Å². The number of aliphatic carboxylic acids is 1. The Morgan fingerprint density at radius 1 is 1.22 bits per heavy atom. The van der Waals surface area contributed by atoms with Crippen molar-refractivity contribution in [1.29, 1.82) is 0 Å². The van der Waals surface area contributed by atoms with Crippen LogP contribution in [0.25, 0.3) is 0 Å². The summed E-state index contributed by atoms with van der Waals surface area (Å²) in [5.74, 6) is -1.36. The molecule has 1 aliphatic carbocycles. The van der Waals surface area contributed by atoms with E-state index in [0.717, 1.165) is 18.7 Å². The van der Waals surface area contributed by atoms with Crippen molar-refractivity contribution in [3.8, 4) is 0 Å². The van der Waals surface area contributed by atoms with Crippen LogP contribution in [0.1, 0.15) is 37.9 Å². The molecule has 1 unspecified atom stereocenters. The lowest BCUT2D eigenvalue weighted by Gasteiger charge is -2.46. The second-order valence-corrected chi connectivity index (χ2v) is 8.49. The first kappa shape index (κ1) is 24.0. The first-order valence-corrected chi connectivity index (χ1v) is 10.4. The van der Waals surface area contributed by atoms with Crippen LogP contribution in [0, 0.1) is 5.92 Å². The van der Waals surface area contributed by atoms with Crippen molar-refractivity contribution < 1.29 is 37.4 Å². The Hall–Kier alpha value is -2.63. The van der Waals surface area contributed by atoms with Gasteiger partial charge in [0.05, 0.1) is 6.54 Å². The molecule has 1 aromatic rings. The first-order valence-electron chi connectivity index (χ1n) is 10.4. The maximum atomic E-state index is 12.5. The number of piperidine rings is 1. The molecule has 2 aliphatic heterocycles. The summed E-state index contributed by atoms with van der Waals surface area (Å²) in [5.41, 5.74) is -0.561. The van der Waals surface area contributed by atoms with Gasteiger partial charge in [0.1, 0.15) is 11.4 Å². The van der Waals surface area contributed by atoms with E-state index in [-0.39, 0.29) is 11.8 Å². The average molecular weight is 460 g/mol. The lowest BCUT2D eigenvalue weighted by molar-refractivity contribution is -0.192. The number of imidazole rings is 1. The Bertz CT molecular complexity index is 858. The number of carbonyl (C=O) groups is 3. The molecule has 0 radical (unpaired) electrons. The van der Waals surface area contributed by atoms with Gasteiger partial charge in [-0.15, -0.1) is 0 Å². The Labute approximate surface area is 183 Å². The van der Waals surface area contributed by atoms with Gasteiger partial charge in [-0.25, -0.2) is 9.78 Å². The molecule has 3 heterocycles. The number of ether oxygens (including phenoxy) is 1. The lowest BCUT2D eigenvalue weighted by atomic mass is 9.82. The lowest BCUT2D eigenvalue weighted by Crippen LogP contribution is -2.55. The van der Waals surface area contributed by atoms with E-state index < -0.39 is 23.9 Å². The number of likely N-dealkylation sites (tertiary alicyclic amines) is 1. The van der Waals surface area contributed by atoms with E-state index in [0.29, 0.717) is 38.4 Å². The van der Waals surface area contributed by atoms with Gasteiger partial charge < -0.3 is 24.2 Å². The smallest absolute Gasteiger partial charge is 0.475 e. The van der Waals surface area contributed by atoms with Gasteiger partial charge in [-0.1, -0.05) is 6.42 Å². The van der Waals surface area contributed by atoms with Gasteiger partial charge in [0.15, 0.2) is 6.10 Å². The van der Waals surface area contributed by atoms with E-state index in [1.54, 1.807) is 25.2 Å². The van der Waals surface area contributed by atoms with Gasteiger partial charge in [-0.3, -0.25) is 9.59 Å². The zero-order valence-electron chi connectivity index (χ0n) is 18.0. The molecular weight excluding hydrogens is 433 g/mol. The van der Waals surface area contributed by atoms with E-state index in [1.807, 2.05) is 15.7 Å². The summed E-state index contributed by atoms with van der Waals surface area (Å²) in [6.45, 7) is 1.84. The largest absolute Gasteiger partial charge is 0.490 e. The predicted octanol–water partition coefficient (Wildman–Crippen LogP) is 1.62. The van der Waals surface area contributed by atoms with Crippen molar-refractivity contribution in [2.45, 2.75) is 56.5 Å². The number of hydrogen-bond acceptors (Lipinski definition) is 5. The number of rotatable bonds is 2. The van der Waals surface area contributed by atoms with E-state index in [4.69, 9.17) is 14.6 Å². The van der Waals surface area contributed by atoms with Crippen molar-refractivity contribution in [3.63, 3.8) is 0 Å². The summed E-state index contributed by atoms with van der Waals surface area (Å²) < 4.78 is 40.1. The first-order chi connectivity index (χ1) is 14.9. The number of alkyl halides is 3. The van der Waals surface area contributed by atoms with Crippen LogP contribution < -0.4 is 0 Å². The molecule has 0 bridgehead atoms. The number of halogens is 3. The molecule has 4 rings (SSSR count). The van der Waals surface area contributed by atoms with Crippen LogP contribution in [0.5, 0.6) is 0 Å². The molecule has 12 heteroatoms. The number of carbonyl (C=O) groups excluding carboxylic acids is 2. The molecule has 2 fully saturated rings. The normalized spacial score (nSPS) is 22.3. The van der Waals surface area contributed by atoms with Crippen molar-refractivity contribution in [1.82, 2.24) is 19.4 Å². The number of nitrogens with zero attached hydrogens (tertiary/aromatic N) is 4. The van der Waals surface area contributed by atoms with Gasteiger partial charge in [0.2, 0.25) is 5.91 Å². The van der Waals surface area contributed by atoms with Crippen LogP contribution in [0.4, 0.5) is 13.2 Å². The third-order valence-corrected chi connectivity index (χ3v) is 6.15. The Kier molecular flexibility index (Phi) is 6.82. The molecular formula is C20H27F3N4O5. The van der Waals surface area contributed by atoms with Gasteiger partial charge in [0, 0.05) is 58.3 Å². The molecule has 3 aliphatic rings. The monoisotopic (exact) mass is 460 g/mol. The van der Waals surface area contributed by atoms with Crippen molar-refractivity contribution in [3.05, 3.63) is 18.2 Å². The number of likely N-dealkylation sites (N-methyl/N-ethyl adjacent to an activating group) is 1. The average Bonchev–Trinajstić information content (AvgIpc) is 3.16. The minimum atomic E-state index is -5.08. The van der Waals surface area contributed by atoms with Crippen LogP contribution in [0.2, 0.25) is 0 Å². The SMILES string of the molecule is CN(C)C(=O)C1Cn2ccnc2C2(CCN(C(=O)C3CCC3)CC2)O1.O=C(O)C(F)(F)F. The van der Waals surface area contributed by atoms with Gasteiger partial charge in [-0.05, 0) is 12.8 Å². The molecule has 0 aromatic carbocycles. The molecule has 2 amide bonds. The molecule has 1 spiro atoms. The van der Waals surface area contributed by atoms with Gasteiger partial charge in [-0.2, -0.15) is 13.2 Å². The van der Waals surface area contributed by atoms with Crippen LogP contribution >= 0.6 is 0 Å². The van der Waals surface area contributed by atoms with Gasteiger partial charge in [0.25, 0.3) is 5.91 Å². The fourth-order valence-electron chi connectivity index (χ4n) is 4.16. The third-order valence-electron chi connectivity index (χ3n) is 6.15. The van der Waals surface area contributed by atoms with Crippen LogP contribution in [0.15, 0.2) is 12.4 Å². The summed E-state index contributed by atoms with van der Waals surface area (Å²) in [5, 5.41) is 7.12. The van der Waals surface area contributed by atoms with E-state index in [2.05, 4.69) is 4.98 Å². The summed E-state index contributed by atoms with van der Waals surface area (Å²) in [6.07, 6.45) is 2.73. The molecule has 1 saturated heterocycles. The standard InChI is InChI=1S/C18H26N4O3.C2HF3O2/c1-20(2)16(24)14-12-22-11-8-19-17(22)18(25-14)6-9-21(10-7-18)15(23)13-4-3-5-13;3-2(4,5)1(6)7/h8,11,13-14H,3-7,9-10,12H2,1-2H3;(H,6,7). The highest BCUT2D eigenvalue weighted by Gasteiger charge is 2.48. The predicted molar refractivity (Wildman–Crippen MR) is 104 cm³/mol. The van der Waals surface area contributed by atoms with Crippen LogP contribution in [-0.2, 0) is 31.3 Å². The number of carboxylic acid groups (broad SMARTS) is 1. The Morgan fingerprint density at radius 3 is 2.28 bits per heavy atom. The molecule has 1 atom stereocenters. The molecule has 1 N–H and O–H groups in total. The minimum Gasteiger partial charge on any atom is -0.475 e. The second-order valence-electron chi connectivity index (χ2n) is 8.49. The molecule has 178 valence electrons. The number of carboxylic acids is 1. The zero-order valence-corrected chi connectivity index (χ0v) is 18.0. The third kappa shape index (κ3) is 4.89. The Balaban J connectivity index is 0.000000360. The van der Waals surface area contributed by atoms with Crippen molar-refractivity contribution in [2.75, 3.05) is 27.2 Å². The highest BCUT2D eigenvalue weighted by atomic mass is 19.4. The van der Waals surface area contributed by atoms with E-state index >= 15 is 0 Å². The number of amides is 2. The number of hydrogen-bond donors (Lipinski definition) is 1. The fourth-order valence-corrected chi connectivity index (χ4v) is 4.16. The molecule has 1 saturated carbocycles. The zero-order chi connectivity index (χ0) is 23.7. The maximum Gasteiger partial charge on any atom is 0.490 e. The van der Waals surface area contributed by atoms with Crippen LogP contribution in [0.3, 0.4) is 0 Å². The second kappa shape index (κ2) is 9.08. The summed E-state index contributed by atoms with van der Waals surface area (Å²) in [4.78, 5) is 41.9. The summed E-state index contributed by atoms with van der Waals surface area (Å²) in [7, 11) is 3.50. The molecule has 9 nitrogen and oxygen atoms in total. The number of fused-ring (bicyclic) bond motifs is 2. The Morgan fingerprint density at radius 2 is 1.81 bits per heavy atom. The minimum absolute atomic E-state index is 0.0216. The fraction of sp³-hybridized carbons (Fsp3) is 0.700. The van der Waals surface area contributed by atoms with Gasteiger partial charge >= 0.3 is 12.1 Å². The summed E-state index contributed by atoms with van der Waals surface area (Å²) >= 11 is 0. The van der Waals surface area contributed by atoms with E-state index in [9.17, 15) is 22.8 Å². The number of aromatic nitrogens is 2. The van der Waals surface area contributed by atoms with E-state index in [1.165, 1.54) is 6.42 Å². The van der Waals surface area contributed by atoms with Crippen molar-refractivity contribution >= 4 is 17.8 Å². The van der Waals surface area contributed by atoms with Crippen molar-refractivity contribution in [2.24, 2.45) is 5.92 Å². The summed E-state index contributed by atoms with van der Waals surface area (Å²) in [6, 6.07) is 0.